The summed E-state index contributed by atoms with van der Waals surface area (Å²) >= 11 is 1.24. The van der Waals surface area contributed by atoms with Gasteiger partial charge in [-0.15, -0.1) is 10.2 Å². The van der Waals surface area contributed by atoms with Crippen LogP contribution in [0.25, 0.3) is 17.1 Å². The van der Waals surface area contributed by atoms with Crippen LogP contribution in [0.1, 0.15) is 5.56 Å². The van der Waals surface area contributed by atoms with Crippen molar-refractivity contribution in [3.8, 4) is 40.1 Å². The van der Waals surface area contributed by atoms with E-state index in [4.69, 9.17) is 18.9 Å². The standard InChI is InChI=1S/C27H27N5O5S/c1-34-21-12-8-9-18(13-21)16-28-29-24(33)17-38-27-31-30-26(32(27)20-10-6-5-7-11-20)19-14-22(35-2)25(37-4)23(15-19)36-3/h5-16H,17H2,1-4H3,(H,29,33)/b28-16-. The van der Waals surface area contributed by atoms with Crippen LogP contribution in [0.5, 0.6) is 23.0 Å². The van der Waals surface area contributed by atoms with Gasteiger partial charge < -0.3 is 18.9 Å². The van der Waals surface area contributed by atoms with Crippen molar-refractivity contribution in [3.05, 3.63) is 72.3 Å². The maximum atomic E-state index is 12.5. The van der Waals surface area contributed by atoms with Gasteiger partial charge in [0.2, 0.25) is 5.75 Å². The second kappa shape index (κ2) is 12.6. The van der Waals surface area contributed by atoms with E-state index in [9.17, 15) is 4.79 Å². The van der Waals surface area contributed by atoms with E-state index in [1.54, 1.807) is 46.8 Å². The summed E-state index contributed by atoms with van der Waals surface area (Å²) in [5.74, 6) is 2.51. The minimum absolute atomic E-state index is 0.0790. The first-order valence-corrected chi connectivity index (χ1v) is 12.5. The molecule has 0 aliphatic carbocycles. The molecule has 0 aliphatic rings. The van der Waals surface area contributed by atoms with Gasteiger partial charge in [0.1, 0.15) is 5.75 Å². The molecule has 0 saturated heterocycles. The topological polar surface area (TPSA) is 109 Å². The van der Waals surface area contributed by atoms with Crippen LogP contribution in [0.15, 0.2) is 77.0 Å². The molecule has 1 amide bonds. The number of hydrogen-bond acceptors (Lipinski definition) is 9. The molecule has 4 rings (SSSR count). The van der Waals surface area contributed by atoms with Crippen molar-refractivity contribution >= 4 is 23.9 Å². The first kappa shape index (κ1) is 26.6. The van der Waals surface area contributed by atoms with Crippen LogP contribution in [-0.4, -0.2) is 61.1 Å². The molecular formula is C27H27N5O5S. The van der Waals surface area contributed by atoms with Gasteiger partial charge in [-0.1, -0.05) is 42.1 Å². The fourth-order valence-electron chi connectivity index (χ4n) is 3.63. The van der Waals surface area contributed by atoms with Crippen LogP contribution in [0.3, 0.4) is 0 Å². The van der Waals surface area contributed by atoms with Crippen molar-refractivity contribution in [2.75, 3.05) is 34.2 Å². The lowest BCUT2D eigenvalue weighted by molar-refractivity contribution is -0.118. The molecule has 4 aromatic rings. The Labute approximate surface area is 224 Å². The highest BCUT2D eigenvalue weighted by molar-refractivity contribution is 7.99. The molecule has 196 valence electrons. The number of amides is 1. The van der Waals surface area contributed by atoms with Crippen LogP contribution in [0.4, 0.5) is 0 Å². The second-order valence-electron chi connectivity index (χ2n) is 7.75. The maximum absolute atomic E-state index is 12.5. The summed E-state index contributed by atoms with van der Waals surface area (Å²) in [4.78, 5) is 12.5. The molecule has 11 heteroatoms. The first-order chi connectivity index (χ1) is 18.6. The Kier molecular flexibility index (Phi) is 8.83. The Balaban J connectivity index is 1.57. The van der Waals surface area contributed by atoms with Crippen LogP contribution in [0, 0.1) is 0 Å². The van der Waals surface area contributed by atoms with E-state index in [0.717, 1.165) is 11.3 Å². The van der Waals surface area contributed by atoms with E-state index in [0.29, 0.717) is 39.5 Å². The van der Waals surface area contributed by atoms with Crippen molar-refractivity contribution in [3.63, 3.8) is 0 Å². The normalized spacial score (nSPS) is 10.8. The molecule has 0 spiro atoms. The monoisotopic (exact) mass is 533 g/mol. The molecule has 38 heavy (non-hydrogen) atoms. The van der Waals surface area contributed by atoms with Gasteiger partial charge in [-0.3, -0.25) is 9.36 Å². The highest BCUT2D eigenvalue weighted by atomic mass is 32.2. The number of para-hydroxylation sites is 1. The van der Waals surface area contributed by atoms with Crippen molar-refractivity contribution in [2.24, 2.45) is 5.10 Å². The summed E-state index contributed by atoms with van der Waals surface area (Å²) in [5.41, 5.74) is 4.88. The minimum atomic E-state index is -0.286. The SMILES string of the molecule is COc1cccc(/C=N\NC(=O)CSc2nnc(-c3cc(OC)c(OC)c(OC)c3)n2-c2ccccc2)c1. The zero-order valence-electron chi connectivity index (χ0n) is 21.4. The Morgan fingerprint density at radius 1 is 0.921 bits per heavy atom. The summed E-state index contributed by atoms with van der Waals surface area (Å²) in [6, 6.07) is 20.6. The van der Waals surface area contributed by atoms with Gasteiger partial charge in [-0.2, -0.15) is 5.10 Å². The Morgan fingerprint density at radius 3 is 2.32 bits per heavy atom. The number of nitrogens with one attached hydrogen (secondary N) is 1. The maximum Gasteiger partial charge on any atom is 0.250 e. The number of hydrazone groups is 1. The van der Waals surface area contributed by atoms with Crippen molar-refractivity contribution in [1.29, 1.82) is 0 Å². The molecule has 1 aromatic heterocycles. The van der Waals surface area contributed by atoms with Crippen LogP contribution < -0.4 is 24.4 Å². The van der Waals surface area contributed by atoms with Crippen LogP contribution in [-0.2, 0) is 4.79 Å². The molecule has 1 N–H and O–H groups in total. The van der Waals surface area contributed by atoms with E-state index >= 15 is 0 Å². The summed E-state index contributed by atoms with van der Waals surface area (Å²) in [6.07, 6.45) is 1.56. The summed E-state index contributed by atoms with van der Waals surface area (Å²) in [7, 11) is 6.25. The smallest absolute Gasteiger partial charge is 0.250 e. The number of carbonyl (C=O) groups is 1. The highest BCUT2D eigenvalue weighted by Crippen LogP contribution is 2.41. The summed E-state index contributed by atoms with van der Waals surface area (Å²) in [5, 5.41) is 13.4. The Hall–Kier alpha value is -4.51. The van der Waals surface area contributed by atoms with Crippen molar-refractivity contribution in [2.45, 2.75) is 5.16 Å². The van der Waals surface area contributed by atoms with Gasteiger partial charge >= 0.3 is 0 Å². The van der Waals surface area contributed by atoms with Crippen LogP contribution >= 0.6 is 11.8 Å². The summed E-state index contributed by atoms with van der Waals surface area (Å²) in [6.45, 7) is 0. The third kappa shape index (κ3) is 6.06. The van der Waals surface area contributed by atoms with Gasteiger partial charge in [0.15, 0.2) is 22.5 Å². The third-order valence-corrected chi connectivity index (χ3v) is 6.33. The van der Waals surface area contributed by atoms with Gasteiger partial charge in [-0.05, 0) is 42.0 Å². The van der Waals surface area contributed by atoms with Crippen LogP contribution in [0.2, 0.25) is 0 Å². The number of nitrogens with zero attached hydrogens (tertiary/aromatic N) is 4. The average molecular weight is 534 g/mol. The predicted octanol–water partition coefficient (Wildman–Crippen LogP) is 4.21. The molecule has 0 bridgehead atoms. The number of thioether (sulfide) groups is 1. The number of hydrogen-bond donors (Lipinski definition) is 1. The number of aromatic nitrogens is 3. The molecule has 3 aromatic carbocycles. The van der Waals surface area contributed by atoms with Gasteiger partial charge in [0.25, 0.3) is 5.91 Å². The number of methoxy groups -OCH3 is 4. The minimum Gasteiger partial charge on any atom is -0.497 e. The number of ether oxygens (including phenoxy) is 4. The molecule has 0 atom stereocenters. The number of benzene rings is 3. The molecule has 0 saturated carbocycles. The molecular weight excluding hydrogens is 506 g/mol. The molecule has 0 unspecified atom stereocenters. The van der Waals surface area contributed by atoms with Gasteiger partial charge in [0, 0.05) is 11.3 Å². The average Bonchev–Trinajstić information content (AvgIpc) is 3.39. The second-order valence-corrected chi connectivity index (χ2v) is 8.69. The molecule has 0 fully saturated rings. The lowest BCUT2D eigenvalue weighted by Gasteiger charge is -2.15. The molecule has 1 heterocycles. The largest absolute Gasteiger partial charge is 0.497 e. The van der Waals surface area contributed by atoms with E-state index in [-0.39, 0.29) is 11.7 Å². The zero-order valence-corrected chi connectivity index (χ0v) is 22.2. The van der Waals surface area contributed by atoms with E-state index in [2.05, 4.69) is 20.7 Å². The molecule has 10 nitrogen and oxygen atoms in total. The molecule has 0 radical (unpaired) electrons. The molecule has 0 aliphatic heterocycles. The van der Waals surface area contributed by atoms with Gasteiger partial charge in [-0.25, -0.2) is 5.43 Å². The lowest BCUT2D eigenvalue weighted by atomic mass is 10.1. The van der Waals surface area contributed by atoms with E-state index < -0.39 is 0 Å². The zero-order chi connectivity index (χ0) is 26.9. The quantitative estimate of drug-likeness (QED) is 0.174. The predicted molar refractivity (Wildman–Crippen MR) is 146 cm³/mol. The fraction of sp³-hybridized carbons (Fsp3) is 0.185. The van der Waals surface area contributed by atoms with Crippen molar-refractivity contribution < 1.29 is 23.7 Å². The Morgan fingerprint density at radius 2 is 1.66 bits per heavy atom. The first-order valence-electron chi connectivity index (χ1n) is 11.5. The Bertz CT molecular complexity index is 1400. The summed E-state index contributed by atoms with van der Waals surface area (Å²) < 4.78 is 23.5. The number of carbonyl (C=O) groups excluding carboxylic acids is 1. The van der Waals surface area contributed by atoms with Crippen molar-refractivity contribution in [1.82, 2.24) is 20.2 Å². The van der Waals surface area contributed by atoms with Gasteiger partial charge in [0.05, 0.1) is 40.4 Å². The number of rotatable bonds is 11. The fourth-order valence-corrected chi connectivity index (χ4v) is 4.38. The van der Waals surface area contributed by atoms with E-state index in [1.165, 1.54) is 11.8 Å². The highest BCUT2D eigenvalue weighted by Gasteiger charge is 2.21. The van der Waals surface area contributed by atoms with E-state index in [1.807, 2.05) is 59.2 Å². The third-order valence-electron chi connectivity index (χ3n) is 5.40. The lowest BCUT2D eigenvalue weighted by Crippen LogP contribution is -2.20.